The van der Waals surface area contributed by atoms with Crippen LogP contribution in [0.3, 0.4) is 0 Å². The molecule has 2 aromatic carbocycles. The van der Waals surface area contributed by atoms with E-state index in [2.05, 4.69) is 45.5 Å². The Kier molecular flexibility index (Phi) is 4.20. The van der Waals surface area contributed by atoms with Crippen LogP contribution in [0.25, 0.3) is 0 Å². The van der Waals surface area contributed by atoms with Gasteiger partial charge in [0, 0.05) is 17.1 Å². The molecular weight excluding hydrogens is 314 g/mol. The van der Waals surface area contributed by atoms with Gasteiger partial charge in [-0.05, 0) is 47.2 Å². The SMILES string of the molecule is OCc1ccccc1CNC1CCc2cc(Br)ccc21. The number of aliphatic hydroxyl groups excluding tert-OH is 1. The molecule has 0 heterocycles. The zero-order valence-corrected chi connectivity index (χ0v) is 12.9. The van der Waals surface area contributed by atoms with E-state index in [-0.39, 0.29) is 6.61 Å². The minimum absolute atomic E-state index is 0.103. The lowest BCUT2D eigenvalue weighted by molar-refractivity contribution is 0.280. The van der Waals surface area contributed by atoms with Gasteiger partial charge in [0.05, 0.1) is 6.61 Å². The number of aliphatic hydroxyl groups is 1. The van der Waals surface area contributed by atoms with Gasteiger partial charge in [-0.25, -0.2) is 0 Å². The average molecular weight is 332 g/mol. The fourth-order valence-corrected chi connectivity index (χ4v) is 3.32. The number of hydrogen-bond donors (Lipinski definition) is 2. The van der Waals surface area contributed by atoms with Crippen LogP contribution in [0.4, 0.5) is 0 Å². The monoisotopic (exact) mass is 331 g/mol. The van der Waals surface area contributed by atoms with Crippen LogP contribution in [0, 0.1) is 0 Å². The van der Waals surface area contributed by atoms with Crippen LogP contribution in [-0.4, -0.2) is 5.11 Å². The van der Waals surface area contributed by atoms with Gasteiger partial charge in [0.25, 0.3) is 0 Å². The summed E-state index contributed by atoms with van der Waals surface area (Å²) in [6, 6.07) is 15.0. The van der Waals surface area contributed by atoms with Crippen LogP contribution in [0.5, 0.6) is 0 Å². The summed E-state index contributed by atoms with van der Waals surface area (Å²) < 4.78 is 1.16. The lowest BCUT2D eigenvalue weighted by Crippen LogP contribution is -2.19. The van der Waals surface area contributed by atoms with Crippen LogP contribution in [0.1, 0.15) is 34.7 Å². The molecule has 3 heteroatoms. The Hall–Kier alpha value is -1.16. The van der Waals surface area contributed by atoms with Crippen molar-refractivity contribution in [3.63, 3.8) is 0 Å². The molecule has 1 aliphatic carbocycles. The molecule has 0 bridgehead atoms. The summed E-state index contributed by atoms with van der Waals surface area (Å²) in [5, 5.41) is 13.0. The topological polar surface area (TPSA) is 32.3 Å². The van der Waals surface area contributed by atoms with Crippen molar-refractivity contribution in [3.05, 3.63) is 69.2 Å². The molecule has 0 saturated heterocycles. The maximum atomic E-state index is 9.37. The molecule has 104 valence electrons. The highest BCUT2D eigenvalue weighted by Crippen LogP contribution is 2.33. The first kappa shape index (κ1) is 13.8. The molecule has 0 radical (unpaired) electrons. The predicted molar refractivity (Wildman–Crippen MR) is 84.4 cm³/mol. The number of nitrogens with one attached hydrogen (secondary N) is 1. The van der Waals surface area contributed by atoms with Gasteiger partial charge in [-0.3, -0.25) is 0 Å². The van der Waals surface area contributed by atoms with E-state index >= 15 is 0 Å². The van der Waals surface area contributed by atoms with Gasteiger partial charge < -0.3 is 10.4 Å². The lowest BCUT2D eigenvalue weighted by Gasteiger charge is -2.15. The zero-order chi connectivity index (χ0) is 13.9. The van der Waals surface area contributed by atoms with Crippen molar-refractivity contribution < 1.29 is 5.11 Å². The molecule has 2 nitrogen and oxygen atoms in total. The molecule has 1 unspecified atom stereocenters. The smallest absolute Gasteiger partial charge is 0.0685 e. The van der Waals surface area contributed by atoms with Gasteiger partial charge in [-0.15, -0.1) is 0 Å². The third kappa shape index (κ3) is 2.80. The highest BCUT2D eigenvalue weighted by Gasteiger charge is 2.21. The Morgan fingerprint density at radius 3 is 2.75 bits per heavy atom. The molecule has 0 aliphatic heterocycles. The maximum Gasteiger partial charge on any atom is 0.0685 e. The molecule has 3 rings (SSSR count). The van der Waals surface area contributed by atoms with E-state index in [4.69, 9.17) is 0 Å². The minimum Gasteiger partial charge on any atom is -0.392 e. The van der Waals surface area contributed by atoms with Crippen LogP contribution in [0.2, 0.25) is 0 Å². The average Bonchev–Trinajstić information content (AvgIpc) is 2.87. The van der Waals surface area contributed by atoms with Crippen LogP contribution in [0.15, 0.2) is 46.9 Å². The molecule has 0 amide bonds. The van der Waals surface area contributed by atoms with Gasteiger partial charge in [0.1, 0.15) is 0 Å². The number of hydrogen-bond acceptors (Lipinski definition) is 2. The predicted octanol–water partition coefficient (Wildman–Crippen LogP) is 3.72. The molecule has 0 aromatic heterocycles. The molecule has 0 saturated carbocycles. The fourth-order valence-electron chi connectivity index (χ4n) is 2.92. The number of halogens is 1. The molecule has 1 aliphatic rings. The molecule has 2 aromatic rings. The fraction of sp³-hybridized carbons (Fsp3) is 0.294. The van der Waals surface area contributed by atoms with Gasteiger partial charge >= 0.3 is 0 Å². The standard InChI is InChI=1S/C17H18BrNO/c18-15-6-7-16-12(9-15)5-8-17(16)19-10-13-3-1-2-4-14(13)11-20/h1-4,6-7,9,17,19-20H,5,8,10-11H2. The molecule has 1 atom stereocenters. The number of rotatable bonds is 4. The summed E-state index contributed by atoms with van der Waals surface area (Å²) in [5.74, 6) is 0. The van der Waals surface area contributed by atoms with Crippen LogP contribution >= 0.6 is 15.9 Å². The van der Waals surface area contributed by atoms with Gasteiger partial charge in [0.2, 0.25) is 0 Å². The Bertz CT molecular complexity index is 612. The van der Waals surface area contributed by atoms with Crippen LogP contribution in [-0.2, 0) is 19.6 Å². The van der Waals surface area contributed by atoms with E-state index in [0.717, 1.165) is 29.4 Å². The summed E-state index contributed by atoms with van der Waals surface area (Å²) >= 11 is 3.53. The van der Waals surface area contributed by atoms with Crippen molar-refractivity contribution in [3.8, 4) is 0 Å². The van der Waals surface area contributed by atoms with E-state index in [0.29, 0.717) is 6.04 Å². The van der Waals surface area contributed by atoms with E-state index in [1.807, 2.05) is 18.2 Å². The molecule has 0 spiro atoms. The van der Waals surface area contributed by atoms with E-state index in [1.165, 1.54) is 16.7 Å². The summed E-state index contributed by atoms with van der Waals surface area (Å²) in [6.45, 7) is 0.906. The Morgan fingerprint density at radius 1 is 1.15 bits per heavy atom. The van der Waals surface area contributed by atoms with Crippen molar-refractivity contribution in [1.82, 2.24) is 5.32 Å². The third-order valence-corrected chi connectivity index (χ3v) is 4.50. The van der Waals surface area contributed by atoms with Crippen molar-refractivity contribution in [2.75, 3.05) is 0 Å². The molecule has 0 fully saturated rings. The third-order valence-electron chi connectivity index (χ3n) is 4.01. The zero-order valence-electron chi connectivity index (χ0n) is 11.3. The molecular formula is C17H18BrNO. The first-order valence-corrected chi connectivity index (χ1v) is 7.76. The van der Waals surface area contributed by atoms with Crippen molar-refractivity contribution in [1.29, 1.82) is 0 Å². The van der Waals surface area contributed by atoms with E-state index < -0.39 is 0 Å². The summed E-state index contributed by atoms with van der Waals surface area (Å²) in [6.07, 6.45) is 2.28. The van der Waals surface area contributed by atoms with Gasteiger partial charge in [-0.2, -0.15) is 0 Å². The molecule has 2 N–H and O–H groups in total. The summed E-state index contributed by atoms with van der Waals surface area (Å²) in [5.41, 5.74) is 5.04. The second-order valence-corrected chi connectivity index (χ2v) is 6.16. The summed E-state index contributed by atoms with van der Waals surface area (Å²) in [4.78, 5) is 0. The van der Waals surface area contributed by atoms with Crippen molar-refractivity contribution >= 4 is 15.9 Å². The Labute approximate surface area is 128 Å². The van der Waals surface area contributed by atoms with Crippen molar-refractivity contribution in [2.45, 2.75) is 32.0 Å². The van der Waals surface area contributed by atoms with Gasteiger partial charge in [0.15, 0.2) is 0 Å². The number of benzene rings is 2. The second kappa shape index (κ2) is 6.08. The number of aryl methyl sites for hydroxylation is 1. The summed E-state index contributed by atoms with van der Waals surface area (Å²) in [7, 11) is 0. The van der Waals surface area contributed by atoms with Gasteiger partial charge in [-0.1, -0.05) is 46.3 Å². The molecule has 20 heavy (non-hydrogen) atoms. The minimum atomic E-state index is 0.103. The maximum absolute atomic E-state index is 9.37. The van der Waals surface area contributed by atoms with E-state index in [9.17, 15) is 5.11 Å². The highest BCUT2D eigenvalue weighted by molar-refractivity contribution is 9.10. The van der Waals surface area contributed by atoms with E-state index in [1.54, 1.807) is 0 Å². The second-order valence-electron chi connectivity index (χ2n) is 5.24. The first-order valence-electron chi connectivity index (χ1n) is 6.97. The van der Waals surface area contributed by atoms with Crippen molar-refractivity contribution in [2.24, 2.45) is 0 Å². The lowest BCUT2D eigenvalue weighted by atomic mass is 10.1. The largest absolute Gasteiger partial charge is 0.392 e. The highest BCUT2D eigenvalue weighted by atomic mass is 79.9. The first-order chi connectivity index (χ1) is 9.78. The Balaban J connectivity index is 1.72. The van der Waals surface area contributed by atoms with Crippen LogP contribution < -0.4 is 5.32 Å². The number of fused-ring (bicyclic) bond motifs is 1. The Morgan fingerprint density at radius 2 is 1.95 bits per heavy atom. The normalized spacial score (nSPS) is 17.2. The quantitative estimate of drug-likeness (QED) is 0.894.